The van der Waals surface area contributed by atoms with Crippen LogP contribution in [0.2, 0.25) is 0 Å². The molecule has 0 aromatic carbocycles. The van der Waals surface area contributed by atoms with Crippen LogP contribution in [0.5, 0.6) is 0 Å². The van der Waals surface area contributed by atoms with E-state index in [2.05, 4.69) is 13.8 Å². The smallest absolute Gasteiger partial charge is 0.0321 e. The van der Waals surface area contributed by atoms with Crippen molar-refractivity contribution in [1.29, 1.82) is 0 Å². The number of hydrogen-bond acceptors (Lipinski definition) is 0. The zero-order valence-corrected chi connectivity index (χ0v) is 6.88. The molecule has 0 bridgehead atoms. The summed E-state index contributed by atoms with van der Waals surface area (Å²) in [5, 5.41) is 0. The molecule has 3 aliphatic rings. The van der Waals surface area contributed by atoms with Crippen LogP contribution in [0.15, 0.2) is 0 Å². The van der Waals surface area contributed by atoms with Gasteiger partial charge in [0.05, 0.1) is 0 Å². The topological polar surface area (TPSA) is 0 Å². The van der Waals surface area contributed by atoms with Crippen molar-refractivity contribution in [2.45, 2.75) is 26.7 Å². The lowest BCUT2D eigenvalue weighted by atomic mass is 9.33. The van der Waals surface area contributed by atoms with Crippen molar-refractivity contribution in [3.63, 3.8) is 0 Å². The van der Waals surface area contributed by atoms with Crippen LogP contribution in [-0.4, -0.2) is 0 Å². The Kier molecular flexibility index (Phi) is 0.810. The molecule has 0 aliphatic heterocycles. The van der Waals surface area contributed by atoms with Crippen LogP contribution in [-0.2, 0) is 0 Å². The van der Waals surface area contributed by atoms with Gasteiger partial charge in [0.2, 0.25) is 0 Å². The maximum atomic E-state index is 2.46. The van der Waals surface area contributed by atoms with Crippen LogP contribution >= 0.6 is 0 Å². The standard InChI is InChI=1S/C10H16/c1-5-6(2)10-8-4-3-7(8)9(5)10/h5-10H,3-4H2,1-2H3. The van der Waals surface area contributed by atoms with Crippen molar-refractivity contribution in [2.75, 3.05) is 0 Å². The Bertz CT molecular complexity index is 145. The number of fused-ring (bicyclic) bond motifs is 4. The molecule has 10 heavy (non-hydrogen) atoms. The average molecular weight is 136 g/mol. The molecule has 0 heterocycles. The SMILES string of the molecule is CC1C(C)C2C3CCC3C12. The monoisotopic (exact) mass is 136 g/mol. The Balaban J connectivity index is 1.82. The Hall–Kier alpha value is 0. The van der Waals surface area contributed by atoms with Gasteiger partial charge in [-0.3, -0.25) is 0 Å². The maximum absolute atomic E-state index is 2.46. The first-order valence-electron chi connectivity index (χ1n) is 4.80. The molecule has 3 rings (SSSR count). The van der Waals surface area contributed by atoms with Crippen LogP contribution in [0, 0.1) is 35.5 Å². The van der Waals surface area contributed by atoms with Crippen molar-refractivity contribution < 1.29 is 0 Å². The predicted molar refractivity (Wildman–Crippen MR) is 41.5 cm³/mol. The second kappa shape index (κ2) is 1.44. The van der Waals surface area contributed by atoms with E-state index in [0.717, 1.165) is 11.8 Å². The Morgan fingerprint density at radius 1 is 0.800 bits per heavy atom. The van der Waals surface area contributed by atoms with Crippen LogP contribution in [0.4, 0.5) is 0 Å². The van der Waals surface area contributed by atoms with E-state index in [4.69, 9.17) is 0 Å². The molecule has 0 N–H and O–H groups in total. The summed E-state index contributed by atoms with van der Waals surface area (Å²) in [6.45, 7) is 4.92. The van der Waals surface area contributed by atoms with Gasteiger partial charge in [-0.25, -0.2) is 0 Å². The minimum atomic E-state index is 1.08. The van der Waals surface area contributed by atoms with Crippen LogP contribution in [0.1, 0.15) is 26.7 Å². The Labute approximate surface area is 63.0 Å². The highest BCUT2D eigenvalue weighted by molar-refractivity contribution is 5.13. The summed E-state index contributed by atoms with van der Waals surface area (Å²) in [4.78, 5) is 0. The largest absolute Gasteiger partial charge is 0.0620 e. The molecule has 0 spiro atoms. The summed E-state index contributed by atoms with van der Waals surface area (Å²) in [6, 6.07) is 0. The van der Waals surface area contributed by atoms with Gasteiger partial charge in [0, 0.05) is 0 Å². The molecule has 0 radical (unpaired) electrons. The van der Waals surface area contributed by atoms with E-state index < -0.39 is 0 Å². The Morgan fingerprint density at radius 3 is 1.50 bits per heavy atom. The molecule has 3 fully saturated rings. The Morgan fingerprint density at radius 2 is 1.20 bits per heavy atom. The maximum Gasteiger partial charge on any atom is -0.0321 e. The van der Waals surface area contributed by atoms with Gasteiger partial charge < -0.3 is 0 Å². The van der Waals surface area contributed by atoms with E-state index in [1.807, 2.05) is 0 Å². The minimum Gasteiger partial charge on any atom is -0.0620 e. The highest BCUT2D eigenvalue weighted by Gasteiger charge is 2.65. The third kappa shape index (κ3) is 0.360. The lowest BCUT2D eigenvalue weighted by Crippen LogP contribution is -2.66. The molecule has 6 unspecified atom stereocenters. The van der Waals surface area contributed by atoms with Crippen molar-refractivity contribution >= 4 is 0 Å². The van der Waals surface area contributed by atoms with Gasteiger partial charge in [0.25, 0.3) is 0 Å². The summed E-state index contributed by atoms with van der Waals surface area (Å²) < 4.78 is 0. The fourth-order valence-corrected chi connectivity index (χ4v) is 3.97. The van der Waals surface area contributed by atoms with Gasteiger partial charge in [0.15, 0.2) is 0 Å². The summed E-state index contributed by atoms with van der Waals surface area (Å²) in [5.74, 6) is 6.94. The van der Waals surface area contributed by atoms with Crippen LogP contribution in [0.3, 0.4) is 0 Å². The molecule has 0 heteroatoms. The van der Waals surface area contributed by atoms with Gasteiger partial charge in [-0.15, -0.1) is 0 Å². The zero-order chi connectivity index (χ0) is 6.88. The van der Waals surface area contributed by atoms with E-state index in [9.17, 15) is 0 Å². The second-order valence-electron chi connectivity index (χ2n) is 4.78. The van der Waals surface area contributed by atoms with Gasteiger partial charge in [-0.2, -0.15) is 0 Å². The van der Waals surface area contributed by atoms with E-state index in [1.165, 1.54) is 23.7 Å². The molecule has 0 aromatic rings. The predicted octanol–water partition coefficient (Wildman–Crippen LogP) is 2.54. The van der Waals surface area contributed by atoms with Crippen LogP contribution < -0.4 is 0 Å². The first-order chi connectivity index (χ1) is 4.80. The van der Waals surface area contributed by atoms with Crippen molar-refractivity contribution in [1.82, 2.24) is 0 Å². The number of rotatable bonds is 0. The zero-order valence-electron chi connectivity index (χ0n) is 6.88. The molecule has 6 atom stereocenters. The van der Waals surface area contributed by atoms with E-state index in [1.54, 1.807) is 12.8 Å². The van der Waals surface area contributed by atoms with Gasteiger partial charge in [0.1, 0.15) is 0 Å². The summed E-state index contributed by atoms with van der Waals surface area (Å²) >= 11 is 0. The van der Waals surface area contributed by atoms with Crippen molar-refractivity contribution in [3.8, 4) is 0 Å². The molecular weight excluding hydrogens is 120 g/mol. The molecule has 0 aromatic heterocycles. The van der Waals surface area contributed by atoms with Crippen molar-refractivity contribution in [2.24, 2.45) is 35.5 Å². The first kappa shape index (κ1) is 5.62. The molecular formula is C10H16. The van der Waals surface area contributed by atoms with Crippen LogP contribution in [0.25, 0.3) is 0 Å². The molecule has 3 saturated carbocycles. The van der Waals surface area contributed by atoms with Gasteiger partial charge in [-0.05, 0) is 48.3 Å². The molecule has 3 aliphatic carbocycles. The lowest BCUT2D eigenvalue weighted by Gasteiger charge is -2.72. The highest BCUT2D eigenvalue weighted by Crippen LogP contribution is 2.71. The quantitative estimate of drug-likeness (QED) is 0.480. The first-order valence-corrected chi connectivity index (χ1v) is 4.80. The van der Waals surface area contributed by atoms with E-state index in [0.29, 0.717) is 0 Å². The summed E-state index contributed by atoms with van der Waals surface area (Å²) in [7, 11) is 0. The van der Waals surface area contributed by atoms with Gasteiger partial charge in [-0.1, -0.05) is 13.8 Å². The normalized spacial score (nSPS) is 70.2. The molecule has 0 nitrogen and oxygen atoms in total. The van der Waals surface area contributed by atoms with E-state index in [-0.39, 0.29) is 0 Å². The average Bonchev–Trinajstić information content (AvgIpc) is 1.92. The minimum absolute atomic E-state index is 1.08. The lowest BCUT2D eigenvalue weighted by molar-refractivity contribution is -0.239. The second-order valence-corrected chi connectivity index (χ2v) is 4.78. The summed E-state index contributed by atoms with van der Waals surface area (Å²) in [6.07, 6.45) is 3.14. The van der Waals surface area contributed by atoms with E-state index >= 15 is 0 Å². The van der Waals surface area contributed by atoms with Crippen molar-refractivity contribution in [3.05, 3.63) is 0 Å². The molecule has 0 amide bonds. The summed E-state index contributed by atoms with van der Waals surface area (Å²) in [5.41, 5.74) is 0. The number of hydrogen-bond donors (Lipinski definition) is 0. The fraction of sp³-hybridized carbons (Fsp3) is 1.00. The molecule has 56 valence electrons. The van der Waals surface area contributed by atoms with Gasteiger partial charge >= 0.3 is 0 Å². The third-order valence-corrected chi connectivity index (χ3v) is 4.86. The molecule has 0 saturated heterocycles. The fourth-order valence-electron chi connectivity index (χ4n) is 3.97. The highest BCUT2D eigenvalue weighted by atomic mass is 14.7. The third-order valence-electron chi connectivity index (χ3n) is 4.86.